The van der Waals surface area contributed by atoms with E-state index in [-0.39, 0.29) is 31.8 Å². The number of amides is 1. The van der Waals surface area contributed by atoms with Crippen molar-refractivity contribution in [3.05, 3.63) is 29.8 Å². The van der Waals surface area contributed by atoms with Gasteiger partial charge in [-0.15, -0.1) is 0 Å². The number of esters is 1. The van der Waals surface area contributed by atoms with Gasteiger partial charge in [0.15, 0.2) is 0 Å². The SMILES string of the molecule is CCOC(=O)C[C@]1(C#N)c2ccccc2N2C(=O)CC[C@](C)(O)[C@H]21. The number of hydrogen-bond donors (Lipinski definition) is 1. The third-order valence-electron chi connectivity index (χ3n) is 5.00. The van der Waals surface area contributed by atoms with Crippen molar-refractivity contribution >= 4 is 17.6 Å². The van der Waals surface area contributed by atoms with Gasteiger partial charge in [-0.2, -0.15) is 5.26 Å². The second kappa shape index (κ2) is 5.60. The summed E-state index contributed by atoms with van der Waals surface area (Å²) in [5.41, 5.74) is -1.39. The first-order valence-electron chi connectivity index (χ1n) is 8.08. The molecule has 0 bridgehead atoms. The van der Waals surface area contributed by atoms with Crippen LogP contribution in [0, 0.1) is 11.3 Å². The molecule has 0 aromatic heterocycles. The highest BCUT2D eigenvalue weighted by molar-refractivity contribution is 5.99. The molecule has 1 aromatic carbocycles. The van der Waals surface area contributed by atoms with Crippen LogP contribution in [-0.2, 0) is 19.7 Å². The molecule has 2 aliphatic rings. The molecule has 1 N–H and O–H groups in total. The number of carbonyl (C=O) groups excluding carboxylic acids is 2. The molecule has 0 spiro atoms. The minimum atomic E-state index is -1.32. The molecule has 126 valence electrons. The Morgan fingerprint density at radius 2 is 2.21 bits per heavy atom. The number of rotatable bonds is 3. The van der Waals surface area contributed by atoms with E-state index in [1.54, 1.807) is 38.1 Å². The molecule has 6 heteroatoms. The van der Waals surface area contributed by atoms with Gasteiger partial charge in [0.2, 0.25) is 5.91 Å². The van der Waals surface area contributed by atoms with Crippen LogP contribution >= 0.6 is 0 Å². The lowest BCUT2D eigenvalue weighted by atomic mass is 9.67. The molecule has 3 atom stereocenters. The third kappa shape index (κ3) is 2.20. The molecule has 1 fully saturated rings. The van der Waals surface area contributed by atoms with Crippen LogP contribution < -0.4 is 4.90 Å². The zero-order valence-corrected chi connectivity index (χ0v) is 13.8. The molecule has 3 rings (SSSR count). The van der Waals surface area contributed by atoms with Gasteiger partial charge in [-0.05, 0) is 31.9 Å². The van der Waals surface area contributed by atoms with Gasteiger partial charge in [0.25, 0.3) is 0 Å². The summed E-state index contributed by atoms with van der Waals surface area (Å²) in [6, 6.07) is 8.50. The Morgan fingerprint density at radius 1 is 1.50 bits per heavy atom. The quantitative estimate of drug-likeness (QED) is 0.852. The molecular formula is C18H20N2O4. The van der Waals surface area contributed by atoms with E-state index >= 15 is 0 Å². The van der Waals surface area contributed by atoms with Crippen molar-refractivity contribution in [2.24, 2.45) is 0 Å². The van der Waals surface area contributed by atoms with Crippen LogP contribution in [-0.4, -0.2) is 35.2 Å². The fourth-order valence-electron chi connectivity index (χ4n) is 4.06. The van der Waals surface area contributed by atoms with Crippen molar-refractivity contribution in [2.45, 2.75) is 50.2 Å². The van der Waals surface area contributed by atoms with Crippen molar-refractivity contribution in [1.29, 1.82) is 5.26 Å². The fraction of sp³-hybridized carbons (Fsp3) is 0.500. The molecule has 2 aliphatic heterocycles. The predicted molar refractivity (Wildman–Crippen MR) is 86.1 cm³/mol. The average molecular weight is 328 g/mol. The summed E-state index contributed by atoms with van der Waals surface area (Å²) >= 11 is 0. The van der Waals surface area contributed by atoms with Gasteiger partial charge in [-0.25, -0.2) is 0 Å². The van der Waals surface area contributed by atoms with Crippen LogP contribution in [0.1, 0.15) is 38.7 Å². The lowest BCUT2D eigenvalue weighted by Gasteiger charge is -2.46. The maximum Gasteiger partial charge on any atom is 0.307 e. The lowest BCUT2D eigenvalue weighted by Crippen LogP contribution is -2.63. The fourth-order valence-corrected chi connectivity index (χ4v) is 4.06. The molecule has 0 aliphatic carbocycles. The van der Waals surface area contributed by atoms with Crippen molar-refractivity contribution < 1.29 is 19.4 Å². The maximum atomic E-state index is 12.5. The van der Waals surface area contributed by atoms with Gasteiger partial charge in [0, 0.05) is 12.1 Å². The lowest BCUT2D eigenvalue weighted by molar-refractivity contribution is -0.145. The Labute approximate surface area is 140 Å². The second-order valence-corrected chi connectivity index (χ2v) is 6.61. The number of fused-ring (bicyclic) bond motifs is 3. The van der Waals surface area contributed by atoms with E-state index < -0.39 is 23.0 Å². The Bertz CT molecular complexity index is 737. The number of hydrogen-bond acceptors (Lipinski definition) is 5. The first-order valence-corrected chi connectivity index (χ1v) is 8.08. The third-order valence-corrected chi connectivity index (χ3v) is 5.00. The topological polar surface area (TPSA) is 90.6 Å². The van der Waals surface area contributed by atoms with E-state index in [4.69, 9.17) is 4.74 Å². The molecule has 6 nitrogen and oxygen atoms in total. The smallest absolute Gasteiger partial charge is 0.307 e. The zero-order chi connectivity index (χ0) is 17.5. The van der Waals surface area contributed by atoms with Gasteiger partial charge in [0.05, 0.1) is 30.7 Å². The molecule has 1 saturated heterocycles. The maximum absolute atomic E-state index is 12.5. The van der Waals surface area contributed by atoms with E-state index in [0.29, 0.717) is 11.3 Å². The van der Waals surface area contributed by atoms with Gasteiger partial charge in [-0.1, -0.05) is 18.2 Å². The largest absolute Gasteiger partial charge is 0.466 e. The standard InChI is InChI=1S/C18H20N2O4/c1-3-24-15(22)10-18(11-19)12-6-4-5-7-13(12)20-14(21)8-9-17(2,23)16(18)20/h4-7,16,23H,3,8-10H2,1-2H3/t16-,17-,18-/m0/s1. The molecule has 0 radical (unpaired) electrons. The van der Waals surface area contributed by atoms with E-state index in [2.05, 4.69) is 6.07 Å². The number of benzene rings is 1. The van der Waals surface area contributed by atoms with Crippen molar-refractivity contribution in [3.63, 3.8) is 0 Å². The summed E-state index contributed by atoms with van der Waals surface area (Å²) in [5.74, 6) is -0.649. The Kier molecular flexibility index (Phi) is 3.84. The minimum absolute atomic E-state index is 0.139. The van der Waals surface area contributed by atoms with Crippen LogP contribution in [0.3, 0.4) is 0 Å². The first kappa shape index (κ1) is 16.5. The Morgan fingerprint density at radius 3 is 2.88 bits per heavy atom. The minimum Gasteiger partial charge on any atom is -0.466 e. The summed E-state index contributed by atoms with van der Waals surface area (Å²) in [7, 11) is 0. The van der Waals surface area contributed by atoms with Crippen molar-refractivity contribution in [1.82, 2.24) is 0 Å². The number of carbonyl (C=O) groups is 2. The Balaban J connectivity index is 2.20. The molecule has 24 heavy (non-hydrogen) atoms. The van der Waals surface area contributed by atoms with Gasteiger partial charge < -0.3 is 14.7 Å². The van der Waals surface area contributed by atoms with Crippen LogP contribution in [0.4, 0.5) is 5.69 Å². The number of anilines is 1. The predicted octanol–water partition coefficient (Wildman–Crippen LogP) is 1.66. The number of aliphatic hydroxyl groups is 1. The number of piperidine rings is 1. The summed E-state index contributed by atoms with van der Waals surface area (Å²) in [6.07, 6.45) is 0.269. The summed E-state index contributed by atoms with van der Waals surface area (Å²) in [6.45, 7) is 3.54. The number of nitrogens with zero attached hydrogens (tertiary/aromatic N) is 2. The molecular weight excluding hydrogens is 308 g/mol. The van der Waals surface area contributed by atoms with Crippen LogP contribution in [0.25, 0.3) is 0 Å². The summed E-state index contributed by atoms with van der Waals surface area (Å²) < 4.78 is 5.05. The number of para-hydroxylation sites is 1. The van der Waals surface area contributed by atoms with Crippen LogP contribution in [0.2, 0.25) is 0 Å². The number of nitriles is 1. The van der Waals surface area contributed by atoms with E-state index in [1.807, 2.05) is 0 Å². The second-order valence-electron chi connectivity index (χ2n) is 6.61. The molecule has 2 heterocycles. The van der Waals surface area contributed by atoms with E-state index in [9.17, 15) is 20.0 Å². The first-order chi connectivity index (χ1) is 11.4. The van der Waals surface area contributed by atoms with Gasteiger partial charge >= 0.3 is 5.97 Å². The monoisotopic (exact) mass is 328 g/mol. The van der Waals surface area contributed by atoms with Crippen molar-refractivity contribution in [2.75, 3.05) is 11.5 Å². The molecule has 1 amide bonds. The molecule has 1 aromatic rings. The average Bonchev–Trinajstić information content (AvgIpc) is 2.84. The van der Waals surface area contributed by atoms with Gasteiger partial charge in [0.1, 0.15) is 5.41 Å². The number of ether oxygens (including phenoxy) is 1. The van der Waals surface area contributed by atoms with Crippen molar-refractivity contribution in [3.8, 4) is 6.07 Å². The van der Waals surface area contributed by atoms with Crippen LogP contribution in [0.15, 0.2) is 24.3 Å². The molecule has 0 unspecified atom stereocenters. The van der Waals surface area contributed by atoms with Crippen LogP contribution in [0.5, 0.6) is 0 Å². The highest BCUT2D eigenvalue weighted by Crippen LogP contribution is 2.53. The van der Waals surface area contributed by atoms with E-state index in [1.165, 1.54) is 4.90 Å². The summed E-state index contributed by atoms with van der Waals surface area (Å²) in [4.78, 5) is 26.2. The summed E-state index contributed by atoms with van der Waals surface area (Å²) in [5, 5.41) is 21.0. The van der Waals surface area contributed by atoms with Gasteiger partial charge in [-0.3, -0.25) is 9.59 Å². The highest BCUT2D eigenvalue weighted by Gasteiger charge is 2.62. The van der Waals surface area contributed by atoms with E-state index in [0.717, 1.165) is 0 Å². The Hall–Kier alpha value is -2.39. The highest BCUT2D eigenvalue weighted by atomic mass is 16.5. The zero-order valence-electron chi connectivity index (χ0n) is 13.8. The normalized spacial score (nSPS) is 31.2. The molecule has 0 saturated carbocycles.